The summed E-state index contributed by atoms with van der Waals surface area (Å²) in [6.07, 6.45) is -2.58. The summed E-state index contributed by atoms with van der Waals surface area (Å²) in [5, 5.41) is 0. The van der Waals surface area contributed by atoms with E-state index >= 15 is 0 Å². The molecule has 0 aliphatic carbocycles. The Kier molecular flexibility index (Phi) is 3.21. The number of aldehydes is 1. The number of carbonyl (C=O) groups excluding carboxylic acids is 1. The van der Waals surface area contributed by atoms with Crippen LogP contribution in [0.2, 0.25) is 0 Å². The van der Waals surface area contributed by atoms with Crippen LogP contribution in [0.25, 0.3) is 0 Å². The van der Waals surface area contributed by atoms with E-state index in [0.717, 1.165) is 6.07 Å². The van der Waals surface area contributed by atoms with E-state index in [0.29, 0.717) is 4.90 Å². The minimum atomic E-state index is -4.47. The Morgan fingerprint density at radius 2 is 2.00 bits per heavy atom. The Hall–Kier alpha value is -0.970. The number of rotatable bonds is 2. The standard InChI is InChI=1S/C9H7F3OS/c1-14-7-3-2-6(5-13)8(4-7)9(10,11)12/h2-5H,1H3. The molecule has 1 aromatic rings. The number of thioether (sulfide) groups is 1. The molecule has 0 saturated carbocycles. The first-order valence-corrected chi connectivity index (χ1v) is 4.92. The lowest BCUT2D eigenvalue weighted by molar-refractivity contribution is -0.138. The van der Waals surface area contributed by atoms with Crippen molar-refractivity contribution in [2.75, 3.05) is 6.26 Å². The number of carbonyl (C=O) groups is 1. The third-order valence-electron chi connectivity index (χ3n) is 1.69. The molecule has 0 aliphatic heterocycles. The van der Waals surface area contributed by atoms with Crippen molar-refractivity contribution in [1.82, 2.24) is 0 Å². The van der Waals surface area contributed by atoms with E-state index in [4.69, 9.17) is 0 Å². The minimum absolute atomic E-state index is 0.215. The quantitative estimate of drug-likeness (QED) is 0.562. The predicted octanol–water partition coefficient (Wildman–Crippen LogP) is 3.24. The third kappa shape index (κ3) is 2.29. The van der Waals surface area contributed by atoms with Gasteiger partial charge in [-0.3, -0.25) is 4.79 Å². The SMILES string of the molecule is CSc1ccc(C=O)c(C(F)(F)F)c1. The van der Waals surface area contributed by atoms with Gasteiger partial charge in [0.25, 0.3) is 0 Å². The molecule has 0 fully saturated rings. The molecule has 0 saturated heterocycles. The molecule has 14 heavy (non-hydrogen) atoms. The molecule has 76 valence electrons. The molecule has 0 N–H and O–H groups in total. The molecule has 5 heteroatoms. The van der Waals surface area contributed by atoms with Crippen LogP contribution in [0, 0.1) is 0 Å². The van der Waals surface area contributed by atoms with Crippen molar-refractivity contribution < 1.29 is 18.0 Å². The first-order valence-electron chi connectivity index (χ1n) is 3.69. The van der Waals surface area contributed by atoms with Gasteiger partial charge in [0, 0.05) is 10.5 Å². The zero-order chi connectivity index (χ0) is 10.8. The third-order valence-corrected chi connectivity index (χ3v) is 2.42. The van der Waals surface area contributed by atoms with E-state index in [1.54, 1.807) is 6.26 Å². The minimum Gasteiger partial charge on any atom is -0.298 e. The van der Waals surface area contributed by atoms with Gasteiger partial charge in [0.1, 0.15) is 0 Å². The highest BCUT2D eigenvalue weighted by Gasteiger charge is 2.33. The Morgan fingerprint density at radius 1 is 1.36 bits per heavy atom. The molecule has 0 aliphatic rings. The zero-order valence-corrected chi connectivity index (χ0v) is 8.08. The summed E-state index contributed by atoms with van der Waals surface area (Å²) in [5.41, 5.74) is -1.20. The second kappa shape index (κ2) is 4.04. The zero-order valence-electron chi connectivity index (χ0n) is 7.26. The molecule has 0 unspecified atom stereocenters. The summed E-state index contributed by atoms with van der Waals surface area (Å²) in [6.45, 7) is 0. The van der Waals surface area contributed by atoms with Crippen molar-refractivity contribution in [3.63, 3.8) is 0 Å². The second-order valence-electron chi connectivity index (χ2n) is 2.57. The van der Waals surface area contributed by atoms with E-state index in [1.807, 2.05) is 0 Å². The van der Waals surface area contributed by atoms with Crippen molar-refractivity contribution in [2.24, 2.45) is 0 Å². The molecule has 1 aromatic carbocycles. The highest BCUT2D eigenvalue weighted by atomic mass is 32.2. The van der Waals surface area contributed by atoms with E-state index in [1.165, 1.54) is 23.9 Å². The molecule has 1 rings (SSSR count). The maximum Gasteiger partial charge on any atom is 0.417 e. The van der Waals surface area contributed by atoms with Crippen LogP contribution < -0.4 is 0 Å². The van der Waals surface area contributed by atoms with Crippen LogP contribution in [-0.2, 0) is 6.18 Å². The molecule has 0 bridgehead atoms. The van der Waals surface area contributed by atoms with Crippen LogP contribution in [0.5, 0.6) is 0 Å². The summed E-state index contributed by atoms with van der Waals surface area (Å²) in [7, 11) is 0. The maximum absolute atomic E-state index is 12.4. The van der Waals surface area contributed by atoms with Gasteiger partial charge >= 0.3 is 6.18 Å². The fraction of sp³-hybridized carbons (Fsp3) is 0.222. The maximum atomic E-state index is 12.4. The second-order valence-corrected chi connectivity index (χ2v) is 3.45. The van der Waals surface area contributed by atoms with Gasteiger partial charge in [-0.05, 0) is 24.5 Å². The van der Waals surface area contributed by atoms with Crippen LogP contribution in [-0.4, -0.2) is 12.5 Å². The lowest BCUT2D eigenvalue weighted by atomic mass is 10.1. The molecule has 0 aromatic heterocycles. The first kappa shape index (κ1) is 11.1. The number of halogens is 3. The molecule has 0 amide bonds. The van der Waals surface area contributed by atoms with E-state index in [-0.39, 0.29) is 11.8 Å². The Morgan fingerprint density at radius 3 is 2.43 bits per heavy atom. The smallest absolute Gasteiger partial charge is 0.298 e. The summed E-state index contributed by atoms with van der Waals surface area (Å²) < 4.78 is 37.2. The lowest BCUT2D eigenvalue weighted by Crippen LogP contribution is -2.08. The monoisotopic (exact) mass is 220 g/mol. The molecule has 0 heterocycles. The highest BCUT2D eigenvalue weighted by molar-refractivity contribution is 7.98. The van der Waals surface area contributed by atoms with Gasteiger partial charge in [-0.25, -0.2) is 0 Å². The number of hydrogen-bond donors (Lipinski definition) is 0. The van der Waals surface area contributed by atoms with Crippen LogP contribution >= 0.6 is 11.8 Å². The van der Waals surface area contributed by atoms with Gasteiger partial charge in [-0.15, -0.1) is 11.8 Å². The lowest BCUT2D eigenvalue weighted by Gasteiger charge is -2.10. The molecule has 0 atom stereocenters. The van der Waals surface area contributed by atoms with Crippen LogP contribution in [0.4, 0.5) is 13.2 Å². The van der Waals surface area contributed by atoms with Gasteiger partial charge in [-0.2, -0.15) is 13.2 Å². The fourth-order valence-corrected chi connectivity index (χ4v) is 1.45. The van der Waals surface area contributed by atoms with Gasteiger partial charge in [-0.1, -0.05) is 0 Å². The summed E-state index contributed by atoms with van der Waals surface area (Å²) in [4.78, 5) is 10.9. The fourth-order valence-electron chi connectivity index (χ4n) is 1.01. The van der Waals surface area contributed by atoms with Crippen LogP contribution in [0.3, 0.4) is 0 Å². The van der Waals surface area contributed by atoms with Gasteiger partial charge in [0.05, 0.1) is 5.56 Å². The summed E-state index contributed by atoms with van der Waals surface area (Å²) >= 11 is 1.20. The van der Waals surface area contributed by atoms with Crippen LogP contribution in [0.1, 0.15) is 15.9 Å². The number of alkyl halides is 3. The predicted molar refractivity (Wildman–Crippen MR) is 48.6 cm³/mol. The first-order chi connectivity index (χ1) is 6.49. The van der Waals surface area contributed by atoms with Crippen LogP contribution in [0.15, 0.2) is 23.1 Å². The average Bonchev–Trinajstić information content (AvgIpc) is 2.15. The van der Waals surface area contributed by atoms with Gasteiger partial charge in [0.15, 0.2) is 6.29 Å². The molecule has 0 spiro atoms. The van der Waals surface area contributed by atoms with Crippen molar-refractivity contribution in [2.45, 2.75) is 11.1 Å². The molecular weight excluding hydrogens is 213 g/mol. The average molecular weight is 220 g/mol. The van der Waals surface area contributed by atoms with Crippen molar-refractivity contribution in [3.8, 4) is 0 Å². The summed E-state index contributed by atoms with van der Waals surface area (Å²) in [5.74, 6) is 0. The largest absolute Gasteiger partial charge is 0.417 e. The Balaban J connectivity index is 3.29. The topological polar surface area (TPSA) is 17.1 Å². The Bertz CT molecular complexity index is 346. The van der Waals surface area contributed by atoms with Gasteiger partial charge < -0.3 is 0 Å². The summed E-state index contributed by atoms with van der Waals surface area (Å²) in [6, 6.07) is 3.65. The van der Waals surface area contributed by atoms with Crippen molar-refractivity contribution in [3.05, 3.63) is 29.3 Å². The molecular formula is C9H7F3OS. The van der Waals surface area contributed by atoms with E-state index in [9.17, 15) is 18.0 Å². The highest BCUT2D eigenvalue weighted by Crippen LogP contribution is 2.33. The normalized spacial score (nSPS) is 11.4. The number of hydrogen-bond acceptors (Lipinski definition) is 2. The Labute approximate surface area is 83.3 Å². The number of benzene rings is 1. The van der Waals surface area contributed by atoms with Gasteiger partial charge in [0.2, 0.25) is 0 Å². The molecule has 1 nitrogen and oxygen atoms in total. The van der Waals surface area contributed by atoms with Crippen molar-refractivity contribution >= 4 is 18.0 Å². The van der Waals surface area contributed by atoms with Crippen molar-refractivity contribution in [1.29, 1.82) is 0 Å². The molecule has 0 radical (unpaired) electrons. The van der Waals surface area contributed by atoms with E-state index < -0.39 is 11.7 Å². The van der Waals surface area contributed by atoms with E-state index in [2.05, 4.69) is 0 Å².